The Kier molecular flexibility index (Phi) is 2.82. The molecule has 0 saturated heterocycles. The van der Waals surface area contributed by atoms with Crippen LogP contribution in [0.2, 0.25) is 0 Å². The fraction of sp³-hybridized carbons (Fsp3) is 0.357. The van der Waals surface area contributed by atoms with E-state index >= 15 is 0 Å². The zero-order valence-electron chi connectivity index (χ0n) is 10.4. The summed E-state index contributed by atoms with van der Waals surface area (Å²) in [5.74, 6) is 0. The minimum Gasteiger partial charge on any atom is -0.272 e. The first-order valence-electron chi connectivity index (χ1n) is 5.73. The van der Waals surface area contributed by atoms with Crippen molar-refractivity contribution in [1.29, 1.82) is 0 Å². The number of nitrogens with zero attached hydrogens (tertiary/aromatic N) is 2. The summed E-state index contributed by atoms with van der Waals surface area (Å²) in [5, 5.41) is 4.46. The SMILES string of the molecule is CCc1cccc(-c2c(C)nn(C)c2C)c1. The van der Waals surface area contributed by atoms with Gasteiger partial charge in [0.2, 0.25) is 0 Å². The molecule has 2 heteroatoms. The number of benzene rings is 1. The minimum absolute atomic E-state index is 1.08. The number of aryl methyl sites for hydroxylation is 3. The normalized spacial score (nSPS) is 10.8. The van der Waals surface area contributed by atoms with Gasteiger partial charge in [0.25, 0.3) is 0 Å². The van der Waals surface area contributed by atoms with Gasteiger partial charge in [0.05, 0.1) is 5.69 Å². The fourth-order valence-electron chi connectivity index (χ4n) is 2.14. The van der Waals surface area contributed by atoms with Crippen molar-refractivity contribution in [3.8, 4) is 11.1 Å². The molecule has 0 amide bonds. The Labute approximate surface area is 96.9 Å². The highest BCUT2D eigenvalue weighted by Gasteiger charge is 2.11. The monoisotopic (exact) mass is 214 g/mol. The lowest BCUT2D eigenvalue weighted by Gasteiger charge is -2.04. The van der Waals surface area contributed by atoms with E-state index in [2.05, 4.69) is 50.1 Å². The smallest absolute Gasteiger partial charge is 0.0674 e. The largest absolute Gasteiger partial charge is 0.272 e. The molecule has 0 bridgehead atoms. The lowest BCUT2D eigenvalue weighted by Crippen LogP contribution is -1.92. The molecule has 0 radical (unpaired) electrons. The lowest BCUT2D eigenvalue weighted by molar-refractivity contribution is 0.731. The van der Waals surface area contributed by atoms with Crippen LogP contribution in [0, 0.1) is 13.8 Å². The molecule has 0 N–H and O–H groups in total. The van der Waals surface area contributed by atoms with E-state index in [0.717, 1.165) is 12.1 Å². The van der Waals surface area contributed by atoms with E-state index in [0.29, 0.717) is 0 Å². The van der Waals surface area contributed by atoms with Crippen molar-refractivity contribution in [2.75, 3.05) is 0 Å². The Morgan fingerprint density at radius 2 is 2.00 bits per heavy atom. The second-order valence-electron chi connectivity index (χ2n) is 4.22. The molecule has 0 aliphatic heterocycles. The van der Waals surface area contributed by atoms with Crippen molar-refractivity contribution in [3.63, 3.8) is 0 Å². The topological polar surface area (TPSA) is 17.8 Å². The van der Waals surface area contributed by atoms with Gasteiger partial charge in [-0.1, -0.05) is 31.2 Å². The number of hydrogen-bond acceptors (Lipinski definition) is 1. The van der Waals surface area contributed by atoms with Gasteiger partial charge >= 0.3 is 0 Å². The summed E-state index contributed by atoms with van der Waals surface area (Å²) in [4.78, 5) is 0. The summed E-state index contributed by atoms with van der Waals surface area (Å²) in [6.07, 6.45) is 1.08. The first-order valence-corrected chi connectivity index (χ1v) is 5.73. The molecule has 0 saturated carbocycles. The van der Waals surface area contributed by atoms with Gasteiger partial charge in [-0.05, 0) is 31.4 Å². The summed E-state index contributed by atoms with van der Waals surface area (Å²) < 4.78 is 1.95. The van der Waals surface area contributed by atoms with Gasteiger partial charge < -0.3 is 0 Å². The van der Waals surface area contributed by atoms with E-state index in [9.17, 15) is 0 Å². The van der Waals surface area contributed by atoms with Crippen molar-refractivity contribution in [3.05, 3.63) is 41.2 Å². The number of rotatable bonds is 2. The van der Waals surface area contributed by atoms with Crippen LogP contribution < -0.4 is 0 Å². The van der Waals surface area contributed by atoms with Crippen LogP contribution in [0.4, 0.5) is 0 Å². The average Bonchev–Trinajstić information content (AvgIpc) is 2.53. The molecule has 0 fully saturated rings. The van der Waals surface area contributed by atoms with Crippen molar-refractivity contribution in [1.82, 2.24) is 9.78 Å². The van der Waals surface area contributed by atoms with E-state index < -0.39 is 0 Å². The van der Waals surface area contributed by atoms with Crippen LogP contribution in [0.15, 0.2) is 24.3 Å². The van der Waals surface area contributed by atoms with Crippen molar-refractivity contribution in [2.45, 2.75) is 27.2 Å². The number of hydrogen-bond donors (Lipinski definition) is 0. The lowest BCUT2D eigenvalue weighted by atomic mass is 10.0. The van der Waals surface area contributed by atoms with Gasteiger partial charge in [0.15, 0.2) is 0 Å². The average molecular weight is 214 g/mol. The van der Waals surface area contributed by atoms with E-state index in [1.807, 2.05) is 11.7 Å². The molecular weight excluding hydrogens is 196 g/mol. The van der Waals surface area contributed by atoms with Crippen molar-refractivity contribution < 1.29 is 0 Å². The molecule has 0 unspecified atom stereocenters. The van der Waals surface area contributed by atoms with Crippen molar-refractivity contribution in [2.24, 2.45) is 7.05 Å². The van der Waals surface area contributed by atoms with E-state index in [4.69, 9.17) is 0 Å². The first-order chi connectivity index (χ1) is 7.63. The van der Waals surface area contributed by atoms with Crippen LogP contribution in [0.25, 0.3) is 11.1 Å². The highest BCUT2D eigenvalue weighted by Crippen LogP contribution is 2.27. The minimum atomic E-state index is 1.08. The molecule has 0 aliphatic rings. The maximum absolute atomic E-state index is 4.46. The molecular formula is C14H18N2. The predicted octanol–water partition coefficient (Wildman–Crippen LogP) is 3.27. The Bertz CT molecular complexity index is 509. The van der Waals surface area contributed by atoms with Gasteiger partial charge in [-0.2, -0.15) is 5.10 Å². The molecule has 0 atom stereocenters. The number of aromatic nitrogens is 2. The van der Waals surface area contributed by atoms with Crippen LogP contribution in [-0.2, 0) is 13.5 Å². The van der Waals surface area contributed by atoms with Gasteiger partial charge in [-0.3, -0.25) is 4.68 Å². The zero-order chi connectivity index (χ0) is 11.7. The van der Waals surface area contributed by atoms with Crippen LogP contribution in [0.1, 0.15) is 23.9 Å². The van der Waals surface area contributed by atoms with Crippen LogP contribution >= 0.6 is 0 Å². The molecule has 84 valence electrons. The van der Waals surface area contributed by atoms with E-state index in [-0.39, 0.29) is 0 Å². The molecule has 2 aromatic rings. The maximum atomic E-state index is 4.46. The molecule has 0 aliphatic carbocycles. The van der Waals surface area contributed by atoms with Crippen LogP contribution in [0.5, 0.6) is 0 Å². The quantitative estimate of drug-likeness (QED) is 0.750. The standard InChI is InChI=1S/C14H18N2/c1-5-12-7-6-8-13(9-12)14-10(2)15-16(4)11(14)3/h6-9H,5H2,1-4H3. The zero-order valence-corrected chi connectivity index (χ0v) is 10.4. The first kappa shape index (κ1) is 10.9. The maximum Gasteiger partial charge on any atom is 0.0674 e. The molecule has 2 nitrogen and oxygen atoms in total. The molecule has 1 heterocycles. The third-order valence-electron chi connectivity index (χ3n) is 3.13. The van der Waals surface area contributed by atoms with Gasteiger partial charge in [0.1, 0.15) is 0 Å². The van der Waals surface area contributed by atoms with Gasteiger partial charge in [0, 0.05) is 18.3 Å². The Hall–Kier alpha value is -1.57. The van der Waals surface area contributed by atoms with Gasteiger partial charge in [-0.15, -0.1) is 0 Å². The Balaban J connectivity index is 2.58. The summed E-state index contributed by atoms with van der Waals surface area (Å²) in [7, 11) is 2.00. The summed E-state index contributed by atoms with van der Waals surface area (Å²) in [5.41, 5.74) is 6.26. The second-order valence-corrected chi connectivity index (χ2v) is 4.22. The highest BCUT2D eigenvalue weighted by molar-refractivity contribution is 5.69. The predicted molar refractivity (Wildman–Crippen MR) is 67.5 cm³/mol. The van der Waals surface area contributed by atoms with Crippen LogP contribution in [-0.4, -0.2) is 9.78 Å². The molecule has 2 rings (SSSR count). The molecule has 16 heavy (non-hydrogen) atoms. The molecule has 1 aromatic heterocycles. The molecule has 0 spiro atoms. The summed E-state index contributed by atoms with van der Waals surface area (Å²) >= 11 is 0. The van der Waals surface area contributed by atoms with Crippen LogP contribution in [0.3, 0.4) is 0 Å². The van der Waals surface area contributed by atoms with Crippen molar-refractivity contribution >= 4 is 0 Å². The molecule has 1 aromatic carbocycles. The third kappa shape index (κ3) is 1.75. The highest BCUT2D eigenvalue weighted by atomic mass is 15.3. The Morgan fingerprint density at radius 3 is 2.56 bits per heavy atom. The second kappa shape index (κ2) is 4.12. The fourth-order valence-corrected chi connectivity index (χ4v) is 2.14. The van der Waals surface area contributed by atoms with E-state index in [1.54, 1.807) is 0 Å². The third-order valence-corrected chi connectivity index (χ3v) is 3.13. The Morgan fingerprint density at radius 1 is 1.25 bits per heavy atom. The van der Waals surface area contributed by atoms with E-state index in [1.165, 1.54) is 22.4 Å². The van der Waals surface area contributed by atoms with Gasteiger partial charge in [-0.25, -0.2) is 0 Å². The summed E-state index contributed by atoms with van der Waals surface area (Å²) in [6.45, 7) is 6.37. The summed E-state index contributed by atoms with van der Waals surface area (Å²) in [6, 6.07) is 8.72.